The predicted octanol–water partition coefficient (Wildman–Crippen LogP) is 4.16. The Hall–Kier alpha value is -3.38. The Morgan fingerprint density at radius 1 is 0.885 bits per heavy atom. The van der Waals surface area contributed by atoms with Crippen LogP contribution < -0.4 is 4.90 Å². The van der Waals surface area contributed by atoms with Gasteiger partial charge in [-0.1, -0.05) is 24.3 Å². The summed E-state index contributed by atoms with van der Waals surface area (Å²) in [6.45, 7) is 0. The van der Waals surface area contributed by atoms with Crippen molar-refractivity contribution in [3.05, 3.63) is 78.1 Å². The summed E-state index contributed by atoms with van der Waals surface area (Å²) in [7, 11) is 0. The van der Waals surface area contributed by atoms with E-state index in [1.807, 2.05) is 42.5 Å². The molecule has 124 valence electrons. The Balaban J connectivity index is 1.59. The van der Waals surface area contributed by atoms with Gasteiger partial charge in [-0.15, -0.1) is 11.3 Å². The average molecular weight is 357 g/mol. The van der Waals surface area contributed by atoms with Crippen LogP contribution in [0.3, 0.4) is 0 Å². The number of thiazole rings is 1. The van der Waals surface area contributed by atoms with Crippen LogP contribution in [-0.2, 0) is 0 Å². The Morgan fingerprint density at radius 3 is 2.62 bits per heavy atom. The fourth-order valence-electron chi connectivity index (χ4n) is 3.08. The summed E-state index contributed by atoms with van der Waals surface area (Å²) in [6.07, 6.45) is 1.52. The summed E-state index contributed by atoms with van der Waals surface area (Å²) >= 11 is 1.58. The average Bonchev–Trinajstić information content (AvgIpc) is 3.22. The van der Waals surface area contributed by atoms with Gasteiger partial charge in [-0.25, -0.2) is 9.88 Å². The van der Waals surface area contributed by atoms with Crippen molar-refractivity contribution in [2.75, 3.05) is 4.90 Å². The second-order valence-corrected chi connectivity index (χ2v) is 6.91. The maximum atomic E-state index is 12.6. The molecule has 5 nitrogen and oxygen atoms in total. The van der Waals surface area contributed by atoms with Crippen molar-refractivity contribution in [2.45, 2.75) is 0 Å². The number of rotatable bonds is 2. The van der Waals surface area contributed by atoms with Crippen LogP contribution >= 0.6 is 11.3 Å². The van der Waals surface area contributed by atoms with Crippen LogP contribution in [0.1, 0.15) is 20.8 Å². The number of hydrogen-bond acceptors (Lipinski definition) is 5. The van der Waals surface area contributed by atoms with E-state index in [-0.39, 0.29) is 11.6 Å². The highest BCUT2D eigenvalue weighted by molar-refractivity contribution is 7.21. The lowest BCUT2D eigenvalue weighted by Crippen LogP contribution is -2.29. The number of amides is 2. The van der Waals surface area contributed by atoms with Crippen molar-refractivity contribution in [3.63, 3.8) is 0 Å². The number of carbonyl (C=O) groups excluding carboxylic acids is 2. The van der Waals surface area contributed by atoms with Crippen LogP contribution in [-0.4, -0.2) is 21.8 Å². The van der Waals surface area contributed by atoms with Gasteiger partial charge in [0.1, 0.15) is 10.7 Å². The first-order chi connectivity index (χ1) is 12.7. The SMILES string of the molecule is O=C1c2cccnc2C(=O)N1c1cccc(-c2nc3ccccc3s2)c1. The first kappa shape index (κ1) is 14.9. The molecule has 0 saturated carbocycles. The Bertz CT molecular complexity index is 1130. The van der Waals surface area contributed by atoms with E-state index >= 15 is 0 Å². The molecule has 0 saturated heterocycles. The molecule has 0 radical (unpaired) electrons. The highest BCUT2D eigenvalue weighted by Gasteiger charge is 2.37. The number of hydrogen-bond donors (Lipinski definition) is 0. The third-order valence-electron chi connectivity index (χ3n) is 4.29. The molecule has 0 spiro atoms. The van der Waals surface area contributed by atoms with Crippen LogP contribution in [0, 0.1) is 0 Å². The molecular formula is C20H11N3O2S. The van der Waals surface area contributed by atoms with Crippen LogP contribution in [0.25, 0.3) is 20.8 Å². The van der Waals surface area contributed by atoms with E-state index in [1.165, 1.54) is 11.1 Å². The zero-order valence-corrected chi connectivity index (χ0v) is 14.2. The number of pyridine rings is 1. The van der Waals surface area contributed by atoms with Crippen molar-refractivity contribution in [1.82, 2.24) is 9.97 Å². The number of carbonyl (C=O) groups is 2. The molecule has 3 heterocycles. The fourth-order valence-corrected chi connectivity index (χ4v) is 4.04. The van der Waals surface area contributed by atoms with E-state index in [2.05, 4.69) is 9.97 Å². The minimum absolute atomic E-state index is 0.197. The summed E-state index contributed by atoms with van der Waals surface area (Å²) < 4.78 is 1.10. The molecule has 2 aromatic carbocycles. The number of para-hydroxylation sites is 1. The summed E-state index contributed by atoms with van der Waals surface area (Å²) in [4.78, 5) is 35.1. The quantitative estimate of drug-likeness (QED) is 0.505. The zero-order valence-electron chi connectivity index (χ0n) is 13.4. The maximum Gasteiger partial charge on any atom is 0.284 e. The summed E-state index contributed by atoms with van der Waals surface area (Å²) in [6, 6.07) is 18.5. The normalized spacial score (nSPS) is 13.5. The number of anilines is 1. The highest BCUT2D eigenvalue weighted by Crippen LogP contribution is 2.34. The number of imide groups is 1. The van der Waals surface area contributed by atoms with E-state index in [0.717, 1.165) is 20.8 Å². The Morgan fingerprint density at radius 2 is 1.77 bits per heavy atom. The van der Waals surface area contributed by atoms with E-state index in [9.17, 15) is 9.59 Å². The first-order valence-corrected chi connectivity index (χ1v) is 8.84. The molecule has 4 aromatic rings. The van der Waals surface area contributed by atoms with Crippen LogP contribution in [0.5, 0.6) is 0 Å². The lowest BCUT2D eigenvalue weighted by molar-refractivity contribution is 0.0924. The van der Waals surface area contributed by atoms with Gasteiger partial charge in [0, 0.05) is 11.8 Å². The fraction of sp³-hybridized carbons (Fsp3) is 0. The molecule has 6 heteroatoms. The molecule has 0 aliphatic carbocycles. The minimum atomic E-state index is -0.396. The second-order valence-electron chi connectivity index (χ2n) is 5.88. The highest BCUT2D eigenvalue weighted by atomic mass is 32.1. The first-order valence-electron chi connectivity index (χ1n) is 8.02. The van der Waals surface area contributed by atoms with Gasteiger partial charge in [-0.3, -0.25) is 14.6 Å². The van der Waals surface area contributed by atoms with Gasteiger partial charge in [0.25, 0.3) is 11.8 Å². The van der Waals surface area contributed by atoms with Gasteiger partial charge in [-0.2, -0.15) is 0 Å². The molecule has 26 heavy (non-hydrogen) atoms. The number of aromatic nitrogens is 2. The lowest BCUT2D eigenvalue weighted by atomic mass is 10.2. The molecule has 0 unspecified atom stereocenters. The summed E-state index contributed by atoms with van der Waals surface area (Å²) in [5.74, 6) is -0.744. The molecular weight excluding hydrogens is 346 g/mol. The summed E-state index contributed by atoms with van der Waals surface area (Å²) in [5, 5.41) is 0.850. The van der Waals surface area contributed by atoms with Gasteiger partial charge < -0.3 is 0 Å². The lowest BCUT2D eigenvalue weighted by Gasteiger charge is -2.14. The Labute approximate surface area is 152 Å². The van der Waals surface area contributed by atoms with Crippen LogP contribution in [0.2, 0.25) is 0 Å². The van der Waals surface area contributed by atoms with Crippen molar-refractivity contribution < 1.29 is 9.59 Å². The van der Waals surface area contributed by atoms with Gasteiger partial charge in [-0.05, 0) is 36.4 Å². The van der Waals surface area contributed by atoms with Gasteiger partial charge in [0.2, 0.25) is 0 Å². The Kier molecular flexibility index (Phi) is 3.20. The molecule has 2 aromatic heterocycles. The molecule has 5 rings (SSSR count). The molecule has 0 N–H and O–H groups in total. The van der Waals surface area contributed by atoms with Gasteiger partial charge in [0.05, 0.1) is 21.5 Å². The largest absolute Gasteiger partial charge is 0.284 e. The molecule has 1 aliphatic rings. The van der Waals surface area contributed by atoms with Crippen molar-refractivity contribution >= 4 is 39.1 Å². The van der Waals surface area contributed by atoms with E-state index in [4.69, 9.17) is 0 Å². The van der Waals surface area contributed by atoms with Crippen molar-refractivity contribution in [3.8, 4) is 10.6 Å². The van der Waals surface area contributed by atoms with E-state index < -0.39 is 5.91 Å². The van der Waals surface area contributed by atoms with Crippen molar-refractivity contribution in [2.24, 2.45) is 0 Å². The predicted molar refractivity (Wildman–Crippen MR) is 100 cm³/mol. The van der Waals surface area contributed by atoms with Gasteiger partial charge >= 0.3 is 0 Å². The molecule has 0 fully saturated rings. The number of benzene rings is 2. The topological polar surface area (TPSA) is 63.2 Å². The summed E-state index contributed by atoms with van der Waals surface area (Å²) in [5.41, 5.74) is 2.86. The molecule has 0 atom stereocenters. The van der Waals surface area contributed by atoms with E-state index in [1.54, 1.807) is 29.5 Å². The third kappa shape index (κ3) is 2.16. The van der Waals surface area contributed by atoms with Crippen LogP contribution in [0.15, 0.2) is 66.9 Å². The van der Waals surface area contributed by atoms with Crippen LogP contribution in [0.4, 0.5) is 5.69 Å². The number of nitrogens with zero attached hydrogens (tertiary/aromatic N) is 3. The third-order valence-corrected chi connectivity index (χ3v) is 5.38. The zero-order chi connectivity index (χ0) is 17.7. The van der Waals surface area contributed by atoms with Crippen molar-refractivity contribution in [1.29, 1.82) is 0 Å². The standard InChI is InChI=1S/C20H11N3O2S/c24-19-14-7-4-10-21-17(14)20(25)23(19)13-6-3-5-12(11-13)18-22-15-8-1-2-9-16(15)26-18/h1-11H. The van der Waals surface area contributed by atoms with Gasteiger partial charge in [0.15, 0.2) is 0 Å². The number of fused-ring (bicyclic) bond motifs is 2. The monoisotopic (exact) mass is 357 g/mol. The molecule has 0 bridgehead atoms. The smallest absolute Gasteiger partial charge is 0.268 e. The molecule has 1 aliphatic heterocycles. The maximum absolute atomic E-state index is 12.6. The minimum Gasteiger partial charge on any atom is -0.268 e. The molecule has 2 amide bonds. The van der Waals surface area contributed by atoms with E-state index in [0.29, 0.717) is 11.3 Å². The second kappa shape index (κ2) is 5.57.